The molecule has 0 aliphatic rings. The second-order valence-corrected chi connectivity index (χ2v) is 6.10. The van der Waals surface area contributed by atoms with E-state index in [1.807, 2.05) is 5.80 Å². The van der Waals surface area contributed by atoms with Crippen LogP contribution in [0.1, 0.15) is 0 Å². The van der Waals surface area contributed by atoms with Gasteiger partial charge < -0.3 is 0 Å². The number of halogens is 4. The Bertz CT molecular complexity index is 757. The highest BCUT2D eigenvalue weighted by Gasteiger charge is 2.15. The van der Waals surface area contributed by atoms with Crippen LogP contribution in [-0.4, -0.2) is 0 Å². The molecular weight excluding hydrogens is 308 g/mol. The van der Waals surface area contributed by atoms with Crippen molar-refractivity contribution in [2.75, 3.05) is 0 Å². The summed E-state index contributed by atoms with van der Waals surface area (Å²) >= 11 is 11.8. The Morgan fingerprint density at radius 3 is 2.53 bits per heavy atom. The molecule has 1 aromatic heterocycles. The van der Waals surface area contributed by atoms with Gasteiger partial charge in [0.05, 0.1) is 5.02 Å². The molecule has 96 valence electrons. The van der Waals surface area contributed by atoms with E-state index in [-0.39, 0.29) is 15.9 Å². The fourth-order valence-electron chi connectivity index (χ4n) is 2.10. The molecule has 0 N–H and O–H groups in total. The maximum Gasteiger partial charge on any atom is 0.134 e. The highest BCUT2D eigenvalue weighted by Crippen LogP contribution is 2.41. The van der Waals surface area contributed by atoms with E-state index in [2.05, 4.69) is 0 Å². The van der Waals surface area contributed by atoms with Crippen LogP contribution in [0.15, 0.2) is 36.1 Å². The zero-order chi connectivity index (χ0) is 13.6. The zero-order valence-corrected chi connectivity index (χ0v) is 12.0. The minimum atomic E-state index is -0.467. The van der Waals surface area contributed by atoms with Crippen LogP contribution in [0.5, 0.6) is 0 Å². The fourth-order valence-corrected chi connectivity index (χ4v) is 3.87. The summed E-state index contributed by atoms with van der Waals surface area (Å²) in [5.41, 5.74) is 1.02. The van der Waals surface area contributed by atoms with Gasteiger partial charge >= 0.3 is 0 Å². The quantitative estimate of drug-likeness (QED) is 0.507. The molecule has 1 heterocycles. The lowest BCUT2D eigenvalue weighted by Gasteiger charge is -2.06. The molecule has 0 nitrogen and oxygen atoms in total. The van der Waals surface area contributed by atoms with Crippen LogP contribution >= 0.6 is 31.4 Å². The monoisotopic (exact) mass is 314 g/mol. The first kappa shape index (κ1) is 12.9. The van der Waals surface area contributed by atoms with Crippen LogP contribution in [0.25, 0.3) is 21.6 Å². The number of fused-ring (bicyclic) bond motifs is 1. The second-order valence-electron chi connectivity index (χ2n) is 4.14. The first-order chi connectivity index (χ1) is 9.06. The Morgan fingerprint density at radius 1 is 1.00 bits per heavy atom. The molecule has 0 spiro atoms. The third-order valence-electron chi connectivity index (χ3n) is 2.92. The van der Waals surface area contributed by atoms with Crippen molar-refractivity contribution in [2.45, 2.75) is 0 Å². The normalized spacial score (nSPS) is 11.6. The van der Waals surface area contributed by atoms with Crippen molar-refractivity contribution in [3.63, 3.8) is 0 Å². The smallest absolute Gasteiger partial charge is 0.134 e. The van der Waals surface area contributed by atoms with Gasteiger partial charge in [0.25, 0.3) is 0 Å². The van der Waals surface area contributed by atoms with E-state index >= 15 is 0 Å². The van der Waals surface area contributed by atoms with E-state index in [0.717, 1.165) is 10.5 Å². The number of hydrogen-bond donors (Lipinski definition) is 0. The molecule has 0 saturated carbocycles. The van der Waals surface area contributed by atoms with Crippen LogP contribution in [0.3, 0.4) is 0 Å². The van der Waals surface area contributed by atoms with Crippen LogP contribution in [0.2, 0.25) is 10.0 Å². The van der Waals surface area contributed by atoms with E-state index in [4.69, 9.17) is 23.2 Å². The second kappa shape index (κ2) is 4.79. The van der Waals surface area contributed by atoms with Crippen LogP contribution in [-0.2, 0) is 0 Å². The molecule has 0 fully saturated rings. The standard InChI is InChI=1S/C14H7Cl2F2P/c15-7-3-11(16)14(12(18)4-7)10-6-19-13-5-8(17)1-2-9(10)13/h1-6,19H. The van der Waals surface area contributed by atoms with Crippen molar-refractivity contribution in [3.05, 3.63) is 57.8 Å². The zero-order valence-electron chi connectivity index (χ0n) is 9.48. The molecule has 2 aromatic carbocycles. The highest BCUT2D eigenvalue weighted by molar-refractivity contribution is 7.36. The van der Waals surface area contributed by atoms with Gasteiger partial charge in [-0.05, 0) is 41.0 Å². The highest BCUT2D eigenvalue weighted by atomic mass is 35.5. The Morgan fingerprint density at radius 2 is 1.79 bits per heavy atom. The molecule has 0 saturated heterocycles. The number of benzene rings is 2. The summed E-state index contributed by atoms with van der Waals surface area (Å²) in [6.07, 6.45) is 0. The maximum absolute atomic E-state index is 14.1. The average molecular weight is 315 g/mol. The Labute approximate surface area is 120 Å². The summed E-state index contributed by atoms with van der Waals surface area (Å²) in [4.78, 5) is 0. The van der Waals surface area contributed by atoms with Gasteiger partial charge in [-0.3, -0.25) is 0 Å². The van der Waals surface area contributed by atoms with Crippen molar-refractivity contribution in [3.8, 4) is 11.1 Å². The predicted molar refractivity (Wildman–Crippen MR) is 78.8 cm³/mol. The summed E-state index contributed by atoms with van der Waals surface area (Å²) in [5.74, 6) is 1.12. The molecule has 1 unspecified atom stereocenters. The van der Waals surface area contributed by atoms with E-state index in [1.165, 1.54) is 24.3 Å². The Balaban J connectivity index is 2.31. The minimum Gasteiger partial charge on any atom is -0.207 e. The van der Waals surface area contributed by atoms with Crippen molar-refractivity contribution in [1.29, 1.82) is 0 Å². The van der Waals surface area contributed by atoms with E-state index in [0.29, 0.717) is 19.3 Å². The van der Waals surface area contributed by atoms with E-state index in [1.54, 1.807) is 6.07 Å². The molecule has 0 radical (unpaired) electrons. The first-order valence-electron chi connectivity index (χ1n) is 5.48. The molecule has 19 heavy (non-hydrogen) atoms. The third-order valence-corrected chi connectivity index (χ3v) is 4.59. The molecule has 0 aliphatic heterocycles. The summed E-state index contributed by atoms with van der Waals surface area (Å²) < 4.78 is 27.2. The van der Waals surface area contributed by atoms with Gasteiger partial charge in [-0.2, -0.15) is 0 Å². The van der Waals surface area contributed by atoms with Gasteiger partial charge in [-0.15, -0.1) is 8.19 Å². The van der Waals surface area contributed by atoms with Crippen molar-refractivity contribution in [1.82, 2.24) is 0 Å². The third kappa shape index (κ3) is 2.25. The van der Waals surface area contributed by atoms with Crippen LogP contribution in [0, 0.1) is 11.6 Å². The fraction of sp³-hybridized carbons (Fsp3) is 0. The molecule has 0 aliphatic carbocycles. The van der Waals surface area contributed by atoms with Crippen molar-refractivity contribution in [2.24, 2.45) is 0 Å². The summed E-state index contributed by atoms with van der Waals surface area (Å²) in [6, 6.07) is 7.23. The van der Waals surface area contributed by atoms with Gasteiger partial charge in [0.2, 0.25) is 0 Å². The van der Waals surface area contributed by atoms with Gasteiger partial charge in [-0.25, -0.2) is 8.78 Å². The Kier molecular flexibility index (Phi) is 3.26. The summed E-state index contributed by atoms with van der Waals surface area (Å²) in [6.45, 7) is 0. The topological polar surface area (TPSA) is 0 Å². The number of hydrogen-bond acceptors (Lipinski definition) is 0. The van der Waals surface area contributed by atoms with Gasteiger partial charge in [0.1, 0.15) is 11.6 Å². The maximum atomic E-state index is 14.1. The summed E-state index contributed by atoms with van der Waals surface area (Å²) in [5, 5.41) is 2.20. The van der Waals surface area contributed by atoms with Gasteiger partial charge in [0, 0.05) is 15.7 Å². The Hall–Kier alpha value is -1.08. The predicted octanol–water partition coefficient (Wildman–Crippen LogP) is 6.12. The largest absolute Gasteiger partial charge is 0.207 e. The van der Waals surface area contributed by atoms with Gasteiger partial charge in [0.15, 0.2) is 0 Å². The van der Waals surface area contributed by atoms with Crippen LogP contribution in [0.4, 0.5) is 8.78 Å². The van der Waals surface area contributed by atoms with Crippen molar-refractivity contribution < 1.29 is 8.78 Å². The molecule has 0 amide bonds. The lowest BCUT2D eigenvalue weighted by molar-refractivity contribution is 0.630. The first-order valence-corrected chi connectivity index (χ1v) is 7.31. The molecule has 3 aromatic rings. The minimum absolute atomic E-state index is 0.256. The molecule has 5 heteroatoms. The molecule has 1 atom stereocenters. The molecular formula is C14H7Cl2F2P. The number of rotatable bonds is 1. The lowest BCUT2D eigenvalue weighted by atomic mass is 10.0. The lowest BCUT2D eigenvalue weighted by Crippen LogP contribution is -1.85. The SMILES string of the molecule is Fc1ccc2c(-c3c(F)cc(Cl)cc3Cl)c[pH]c2c1. The molecule has 3 rings (SSSR count). The van der Waals surface area contributed by atoms with E-state index in [9.17, 15) is 8.78 Å². The summed E-state index contributed by atoms with van der Waals surface area (Å²) in [7, 11) is 0.312. The van der Waals surface area contributed by atoms with Crippen molar-refractivity contribution >= 4 is 41.9 Å². The molecule has 0 bridgehead atoms. The van der Waals surface area contributed by atoms with E-state index < -0.39 is 5.82 Å². The van der Waals surface area contributed by atoms with Crippen LogP contribution < -0.4 is 0 Å². The average Bonchev–Trinajstić information content (AvgIpc) is 2.71. The van der Waals surface area contributed by atoms with Gasteiger partial charge in [-0.1, -0.05) is 29.3 Å².